The van der Waals surface area contributed by atoms with Crippen LogP contribution in [0.25, 0.3) is 0 Å². The van der Waals surface area contributed by atoms with Gasteiger partial charge in [-0.15, -0.1) is 0 Å². The second kappa shape index (κ2) is 14.9. The van der Waals surface area contributed by atoms with E-state index in [2.05, 4.69) is 10.2 Å². The molecule has 1 saturated heterocycles. The Hall–Kier alpha value is -4.03. The van der Waals surface area contributed by atoms with Crippen molar-refractivity contribution in [3.63, 3.8) is 0 Å². The first-order valence-electron chi connectivity index (χ1n) is 14.5. The van der Waals surface area contributed by atoms with Crippen molar-refractivity contribution in [2.24, 2.45) is 5.10 Å². The van der Waals surface area contributed by atoms with Crippen LogP contribution in [-0.4, -0.2) is 113 Å². The standard InChI is InChI=1S/C31H43N5O7/c1-21(2)32-31(38)35(12-11-34-13-15-43-16-14-34)20-30(37)36-26(22-7-10-27(40-4)29(17-22)42-6)19-25(33-36)24-9-8-23(39-3)18-28(24)41-5/h7-10,17-18,21,26H,11-16,19-20H2,1-6H3,(H,32,38)/t26-/m0/s1. The van der Waals surface area contributed by atoms with Gasteiger partial charge in [0.05, 0.1) is 53.4 Å². The summed E-state index contributed by atoms with van der Waals surface area (Å²) in [6.45, 7) is 7.58. The zero-order valence-corrected chi connectivity index (χ0v) is 25.9. The third kappa shape index (κ3) is 7.88. The maximum Gasteiger partial charge on any atom is 0.318 e. The van der Waals surface area contributed by atoms with Crippen LogP contribution >= 0.6 is 0 Å². The summed E-state index contributed by atoms with van der Waals surface area (Å²) in [5, 5.41) is 9.24. The fourth-order valence-corrected chi connectivity index (χ4v) is 5.17. The summed E-state index contributed by atoms with van der Waals surface area (Å²) >= 11 is 0. The average Bonchev–Trinajstić information content (AvgIpc) is 3.47. The summed E-state index contributed by atoms with van der Waals surface area (Å²) in [4.78, 5) is 31.1. The summed E-state index contributed by atoms with van der Waals surface area (Å²) in [6, 6.07) is 10.3. The molecule has 0 spiro atoms. The van der Waals surface area contributed by atoms with Crippen molar-refractivity contribution in [1.29, 1.82) is 0 Å². The highest BCUT2D eigenvalue weighted by atomic mass is 16.5. The molecule has 12 nitrogen and oxygen atoms in total. The van der Waals surface area contributed by atoms with E-state index in [1.807, 2.05) is 44.2 Å². The minimum atomic E-state index is -0.441. The van der Waals surface area contributed by atoms with Crippen LogP contribution in [0.2, 0.25) is 0 Å². The number of methoxy groups -OCH3 is 4. The van der Waals surface area contributed by atoms with Gasteiger partial charge in [0.25, 0.3) is 5.91 Å². The second-order valence-electron chi connectivity index (χ2n) is 10.7. The molecule has 0 saturated carbocycles. The number of urea groups is 1. The van der Waals surface area contributed by atoms with Gasteiger partial charge in [-0.1, -0.05) is 6.07 Å². The Morgan fingerprint density at radius 2 is 1.70 bits per heavy atom. The molecule has 2 aromatic carbocycles. The van der Waals surface area contributed by atoms with Gasteiger partial charge in [0.15, 0.2) is 11.5 Å². The highest BCUT2D eigenvalue weighted by molar-refractivity contribution is 6.05. The lowest BCUT2D eigenvalue weighted by molar-refractivity contribution is -0.133. The van der Waals surface area contributed by atoms with Crippen molar-refractivity contribution in [2.45, 2.75) is 32.4 Å². The van der Waals surface area contributed by atoms with Crippen LogP contribution in [0.4, 0.5) is 4.79 Å². The predicted octanol–water partition coefficient (Wildman–Crippen LogP) is 3.15. The molecular formula is C31H43N5O7. The van der Waals surface area contributed by atoms with Crippen LogP contribution in [0.15, 0.2) is 41.5 Å². The van der Waals surface area contributed by atoms with Crippen molar-refractivity contribution < 1.29 is 33.3 Å². The lowest BCUT2D eigenvalue weighted by atomic mass is 9.97. The molecule has 4 rings (SSSR count). The van der Waals surface area contributed by atoms with Crippen molar-refractivity contribution in [1.82, 2.24) is 20.1 Å². The smallest absolute Gasteiger partial charge is 0.318 e. The fourth-order valence-electron chi connectivity index (χ4n) is 5.17. The SMILES string of the molecule is COc1ccc(C2=NN(C(=O)CN(CCN3CCOCC3)C(=O)NC(C)C)[C@H](c3ccc(OC)c(OC)c3)C2)c(OC)c1. The molecule has 1 fully saturated rings. The number of hydrazone groups is 1. The van der Waals surface area contributed by atoms with E-state index >= 15 is 0 Å². The molecule has 2 heterocycles. The van der Waals surface area contributed by atoms with Crippen LogP contribution in [0.1, 0.15) is 37.4 Å². The quantitative estimate of drug-likeness (QED) is 0.397. The van der Waals surface area contributed by atoms with Gasteiger partial charge in [-0.3, -0.25) is 9.69 Å². The maximum absolute atomic E-state index is 14.0. The number of carbonyl (C=O) groups excluding carboxylic acids is 2. The molecular weight excluding hydrogens is 554 g/mol. The van der Waals surface area contributed by atoms with Crippen LogP contribution in [-0.2, 0) is 9.53 Å². The number of hydrogen-bond acceptors (Lipinski definition) is 9. The molecule has 12 heteroatoms. The number of morpholine rings is 1. The van der Waals surface area contributed by atoms with E-state index in [9.17, 15) is 9.59 Å². The number of benzene rings is 2. The number of nitrogens with zero attached hydrogens (tertiary/aromatic N) is 4. The van der Waals surface area contributed by atoms with Gasteiger partial charge in [0.1, 0.15) is 18.0 Å². The van der Waals surface area contributed by atoms with Gasteiger partial charge in [-0.25, -0.2) is 9.80 Å². The van der Waals surface area contributed by atoms with Crippen molar-refractivity contribution in [2.75, 3.05) is 74.4 Å². The normalized spacial score (nSPS) is 17.0. The van der Waals surface area contributed by atoms with Crippen LogP contribution < -0.4 is 24.3 Å². The fraction of sp³-hybridized carbons (Fsp3) is 0.516. The van der Waals surface area contributed by atoms with E-state index in [4.69, 9.17) is 28.8 Å². The molecule has 0 unspecified atom stereocenters. The third-order valence-corrected chi connectivity index (χ3v) is 7.49. The van der Waals surface area contributed by atoms with Crippen molar-refractivity contribution in [3.8, 4) is 23.0 Å². The number of carbonyl (C=O) groups is 2. The minimum absolute atomic E-state index is 0.0769. The van der Waals surface area contributed by atoms with E-state index in [1.54, 1.807) is 39.4 Å². The zero-order chi connectivity index (χ0) is 30.9. The lowest BCUT2D eigenvalue weighted by Crippen LogP contribution is -2.50. The molecule has 234 valence electrons. The molecule has 3 amide bonds. The molecule has 0 radical (unpaired) electrons. The van der Waals surface area contributed by atoms with Gasteiger partial charge in [-0.2, -0.15) is 5.10 Å². The number of amides is 3. The topological polar surface area (TPSA) is 114 Å². The maximum atomic E-state index is 14.0. The average molecular weight is 598 g/mol. The number of ether oxygens (including phenoxy) is 5. The van der Waals surface area contributed by atoms with Gasteiger partial charge in [0.2, 0.25) is 0 Å². The monoisotopic (exact) mass is 597 g/mol. The Morgan fingerprint density at radius 3 is 2.35 bits per heavy atom. The lowest BCUT2D eigenvalue weighted by Gasteiger charge is -2.31. The van der Waals surface area contributed by atoms with E-state index < -0.39 is 6.04 Å². The van der Waals surface area contributed by atoms with Gasteiger partial charge < -0.3 is 33.9 Å². The molecule has 0 bridgehead atoms. The summed E-state index contributed by atoms with van der Waals surface area (Å²) in [5.41, 5.74) is 2.26. The second-order valence-corrected chi connectivity index (χ2v) is 10.7. The molecule has 2 aliphatic rings. The first-order valence-corrected chi connectivity index (χ1v) is 14.5. The molecule has 1 atom stereocenters. The van der Waals surface area contributed by atoms with Gasteiger partial charge in [-0.05, 0) is 43.7 Å². The van der Waals surface area contributed by atoms with Crippen LogP contribution in [0, 0.1) is 0 Å². The van der Waals surface area contributed by atoms with E-state index in [0.29, 0.717) is 61.4 Å². The summed E-state index contributed by atoms with van der Waals surface area (Å²) in [6.07, 6.45) is 0.426. The van der Waals surface area contributed by atoms with Crippen LogP contribution in [0.5, 0.6) is 23.0 Å². The van der Waals surface area contributed by atoms with Crippen LogP contribution in [0.3, 0.4) is 0 Å². The number of nitrogens with one attached hydrogen (secondary N) is 1. The van der Waals surface area contributed by atoms with Crippen molar-refractivity contribution >= 4 is 17.6 Å². The molecule has 1 N–H and O–H groups in total. The number of rotatable bonds is 12. The van der Waals surface area contributed by atoms with Gasteiger partial charge >= 0.3 is 6.03 Å². The Kier molecular flexibility index (Phi) is 11.1. The first-order chi connectivity index (χ1) is 20.8. The third-order valence-electron chi connectivity index (χ3n) is 7.49. The summed E-state index contributed by atoms with van der Waals surface area (Å²) in [7, 11) is 6.33. The highest BCUT2D eigenvalue weighted by Crippen LogP contribution is 2.39. The minimum Gasteiger partial charge on any atom is -0.497 e. The Labute approximate surface area is 253 Å². The summed E-state index contributed by atoms with van der Waals surface area (Å²) in [5.74, 6) is 2.06. The number of hydrogen-bond donors (Lipinski definition) is 1. The Morgan fingerprint density at radius 1 is 0.977 bits per heavy atom. The molecule has 2 aliphatic heterocycles. The highest BCUT2D eigenvalue weighted by Gasteiger charge is 2.36. The zero-order valence-electron chi connectivity index (χ0n) is 25.9. The first kappa shape index (κ1) is 31.9. The molecule has 2 aromatic rings. The molecule has 43 heavy (non-hydrogen) atoms. The summed E-state index contributed by atoms with van der Waals surface area (Å²) < 4.78 is 27.5. The van der Waals surface area contributed by atoms with Gasteiger partial charge in [0, 0.05) is 50.3 Å². The predicted molar refractivity (Wildman–Crippen MR) is 162 cm³/mol. The van der Waals surface area contributed by atoms with E-state index in [-0.39, 0.29) is 24.5 Å². The van der Waals surface area contributed by atoms with E-state index in [1.165, 1.54) is 5.01 Å². The Balaban J connectivity index is 1.65. The van der Waals surface area contributed by atoms with E-state index in [0.717, 1.165) is 24.2 Å². The Bertz CT molecular complexity index is 1300. The largest absolute Gasteiger partial charge is 0.497 e. The molecule has 0 aromatic heterocycles. The molecule has 0 aliphatic carbocycles. The van der Waals surface area contributed by atoms with Crippen molar-refractivity contribution in [3.05, 3.63) is 47.5 Å².